The summed E-state index contributed by atoms with van der Waals surface area (Å²) in [5, 5.41) is 10.6. The Kier molecular flexibility index (Phi) is 2.26. The maximum Gasteiger partial charge on any atom is 0.102 e. The normalized spacial score (nSPS) is 10.2. The highest BCUT2D eigenvalue weighted by Crippen LogP contribution is 2.27. The van der Waals surface area contributed by atoms with Gasteiger partial charge >= 0.3 is 0 Å². The summed E-state index contributed by atoms with van der Waals surface area (Å²) in [7, 11) is 0. The van der Waals surface area contributed by atoms with Gasteiger partial charge in [0.15, 0.2) is 0 Å². The number of aromatic amines is 1. The number of allylic oxidation sites excluding steroid dienone is 1. The second-order valence-electron chi connectivity index (χ2n) is 3.46. The van der Waals surface area contributed by atoms with E-state index in [1.54, 1.807) is 12.1 Å². The number of fused-ring (bicyclic) bond motifs is 1. The Morgan fingerprint density at radius 3 is 2.87 bits per heavy atom. The first-order valence-corrected chi connectivity index (χ1v) is 4.88. The standard InChI is InChI=1S/C12H9ClN2/c1-7(2)12-10(6-14)9-5-8(13)3-4-11(9)15-12/h3-5,15H,1H2,2H3. The summed E-state index contributed by atoms with van der Waals surface area (Å²) < 4.78 is 0. The fourth-order valence-electron chi connectivity index (χ4n) is 1.60. The van der Waals surface area contributed by atoms with Gasteiger partial charge in [0, 0.05) is 15.9 Å². The summed E-state index contributed by atoms with van der Waals surface area (Å²) in [4.78, 5) is 3.16. The molecule has 74 valence electrons. The molecule has 0 aliphatic rings. The van der Waals surface area contributed by atoms with Crippen LogP contribution in [0.25, 0.3) is 16.5 Å². The topological polar surface area (TPSA) is 39.6 Å². The number of nitrogens with zero attached hydrogens (tertiary/aromatic N) is 1. The molecule has 0 unspecified atom stereocenters. The third-order valence-corrected chi connectivity index (χ3v) is 2.53. The molecule has 0 amide bonds. The van der Waals surface area contributed by atoms with Gasteiger partial charge in [-0.05, 0) is 30.7 Å². The van der Waals surface area contributed by atoms with Crippen LogP contribution in [0.3, 0.4) is 0 Å². The number of nitrogens with one attached hydrogen (secondary N) is 1. The van der Waals surface area contributed by atoms with Crippen molar-refractivity contribution in [3.8, 4) is 6.07 Å². The minimum absolute atomic E-state index is 0.611. The molecule has 2 aromatic rings. The fraction of sp³-hybridized carbons (Fsp3) is 0.0833. The molecular formula is C12H9ClN2. The van der Waals surface area contributed by atoms with E-state index in [2.05, 4.69) is 17.6 Å². The molecule has 0 spiro atoms. The molecule has 0 atom stereocenters. The minimum Gasteiger partial charge on any atom is -0.354 e. The van der Waals surface area contributed by atoms with Gasteiger partial charge in [-0.3, -0.25) is 0 Å². The van der Waals surface area contributed by atoms with Crippen molar-refractivity contribution in [3.63, 3.8) is 0 Å². The predicted molar refractivity (Wildman–Crippen MR) is 62.7 cm³/mol. The molecule has 0 saturated heterocycles. The zero-order valence-corrected chi connectivity index (χ0v) is 9.02. The molecule has 1 aromatic carbocycles. The number of nitriles is 1. The number of benzene rings is 1. The van der Waals surface area contributed by atoms with Crippen LogP contribution < -0.4 is 0 Å². The molecule has 0 fully saturated rings. The Morgan fingerprint density at radius 1 is 1.53 bits per heavy atom. The van der Waals surface area contributed by atoms with Crippen LogP contribution in [0.1, 0.15) is 18.2 Å². The summed E-state index contributed by atoms with van der Waals surface area (Å²) in [6, 6.07) is 7.63. The lowest BCUT2D eigenvalue weighted by atomic mass is 10.1. The molecule has 1 N–H and O–H groups in total. The van der Waals surface area contributed by atoms with Crippen molar-refractivity contribution in [2.75, 3.05) is 0 Å². The number of aromatic nitrogens is 1. The second kappa shape index (κ2) is 3.45. The molecule has 2 nitrogen and oxygen atoms in total. The van der Waals surface area contributed by atoms with E-state index in [0.29, 0.717) is 10.6 Å². The monoisotopic (exact) mass is 216 g/mol. The summed E-state index contributed by atoms with van der Waals surface area (Å²) in [6.07, 6.45) is 0. The molecule has 0 saturated carbocycles. The summed E-state index contributed by atoms with van der Waals surface area (Å²) in [5.41, 5.74) is 3.16. The molecule has 1 heterocycles. The molecule has 1 aromatic heterocycles. The molecule has 0 radical (unpaired) electrons. The zero-order chi connectivity index (χ0) is 11.0. The third kappa shape index (κ3) is 1.51. The summed E-state index contributed by atoms with van der Waals surface area (Å²) >= 11 is 5.89. The van der Waals surface area contributed by atoms with Crippen molar-refractivity contribution in [2.24, 2.45) is 0 Å². The lowest BCUT2D eigenvalue weighted by Gasteiger charge is -1.93. The van der Waals surface area contributed by atoms with Crippen molar-refractivity contribution < 1.29 is 0 Å². The van der Waals surface area contributed by atoms with Crippen LogP contribution in [0.4, 0.5) is 0 Å². The highest BCUT2D eigenvalue weighted by atomic mass is 35.5. The predicted octanol–water partition coefficient (Wildman–Crippen LogP) is 3.73. The number of halogens is 1. The molecule has 2 rings (SSSR count). The minimum atomic E-state index is 0.611. The van der Waals surface area contributed by atoms with Crippen molar-refractivity contribution in [2.45, 2.75) is 6.92 Å². The van der Waals surface area contributed by atoms with Crippen LogP contribution >= 0.6 is 11.6 Å². The second-order valence-corrected chi connectivity index (χ2v) is 3.89. The van der Waals surface area contributed by atoms with E-state index >= 15 is 0 Å². The first-order chi connectivity index (χ1) is 7.13. The number of hydrogen-bond donors (Lipinski definition) is 1. The van der Waals surface area contributed by atoms with E-state index in [9.17, 15) is 0 Å². The molecule has 0 aliphatic heterocycles. The Labute approximate surface area is 92.8 Å². The average Bonchev–Trinajstić information content (AvgIpc) is 2.55. The van der Waals surface area contributed by atoms with Gasteiger partial charge in [-0.1, -0.05) is 18.2 Å². The van der Waals surface area contributed by atoms with Gasteiger partial charge in [-0.15, -0.1) is 0 Å². The van der Waals surface area contributed by atoms with E-state index in [4.69, 9.17) is 16.9 Å². The fourth-order valence-corrected chi connectivity index (χ4v) is 1.77. The van der Waals surface area contributed by atoms with Crippen LogP contribution in [0.15, 0.2) is 24.8 Å². The maximum atomic E-state index is 9.09. The van der Waals surface area contributed by atoms with E-state index in [1.807, 2.05) is 13.0 Å². The maximum absolute atomic E-state index is 9.09. The largest absolute Gasteiger partial charge is 0.354 e. The van der Waals surface area contributed by atoms with E-state index in [0.717, 1.165) is 22.2 Å². The molecule has 15 heavy (non-hydrogen) atoms. The smallest absolute Gasteiger partial charge is 0.102 e. The lowest BCUT2D eigenvalue weighted by molar-refractivity contribution is 1.37. The molecule has 0 bridgehead atoms. The Morgan fingerprint density at radius 2 is 2.27 bits per heavy atom. The Hall–Kier alpha value is -1.72. The van der Waals surface area contributed by atoms with Crippen LogP contribution in [0.2, 0.25) is 5.02 Å². The van der Waals surface area contributed by atoms with Crippen LogP contribution in [0.5, 0.6) is 0 Å². The Balaban J connectivity index is 2.87. The summed E-state index contributed by atoms with van der Waals surface area (Å²) in [5.74, 6) is 0. The number of H-pyrrole nitrogens is 1. The van der Waals surface area contributed by atoms with Gasteiger partial charge in [0.1, 0.15) is 6.07 Å². The van der Waals surface area contributed by atoms with E-state index < -0.39 is 0 Å². The molecular weight excluding hydrogens is 208 g/mol. The van der Waals surface area contributed by atoms with Crippen molar-refractivity contribution in [1.82, 2.24) is 4.98 Å². The van der Waals surface area contributed by atoms with Crippen molar-refractivity contribution >= 4 is 28.1 Å². The molecule has 0 aliphatic carbocycles. The van der Waals surface area contributed by atoms with Crippen LogP contribution in [0, 0.1) is 11.3 Å². The van der Waals surface area contributed by atoms with Gasteiger partial charge in [0.25, 0.3) is 0 Å². The van der Waals surface area contributed by atoms with Crippen molar-refractivity contribution in [3.05, 3.63) is 41.1 Å². The SMILES string of the molecule is C=C(C)c1[nH]c2ccc(Cl)cc2c1C#N. The van der Waals surface area contributed by atoms with Crippen molar-refractivity contribution in [1.29, 1.82) is 5.26 Å². The van der Waals surface area contributed by atoms with E-state index in [-0.39, 0.29) is 0 Å². The average molecular weight is 217 g/mol. The first-order valence-electron chi connectivity index (χ1n) is 4.50. The first kappa shape index (κ1) is 9.82. The summed E-state index contributed by atoms with van der Waals surface area (Å²) in [6.45, 7) is 5.70. The van der Waals surface area contributed by atoms with Crippen LogP contribution in [-0.4, -0.2) is 4.98 Å². The van der Waals surface area contributed by atoms with E-state index in [1.165, 1.54) is 0 Å². The Bertz CT molecular complexity index is 587. The van der Waals surface area contributed by atoms with Gasteiger partial charge in [-0.25, -0.2) is 0 Å². The number of hydrogen-bond acceptors (Lipinski definition) is 1. The lowest BCUT2D eigenvalue weighted by Crippen LogP contribution is -1.81. The zero-order valence-electron chi connectivity index (χ0n) is 8.26. The quantitative estimate of drug-likeness (QED) is 0.775. The van der Waals surface area contributed by atoms with Gasteiger partial charge in [-0.2, -0.15) is 5.26 Å². The van der Waals surface area contributed by atoms with Gasteiger partial charge in [0.2, 0.25) is 0 Å². The number of rotatable bonds is 1. The molecule has 3 heteroatoms. The van der Waals surface area contributed by atoms with Crippen LogP contribution in [-0.2, 0) is 0 Å². The highest BCUT2D eigenvalue weighted by Gasteiger charge is 2.11. The van der Waals surface area contributed by atoms with Gasteiger partial charge < -0.3 is 4.98 Å². The third-order valence-electron chi connectivity index (χ3n) is 2.30. The van der Waals surface area contributed by atoms with Gasteiger partial charge in [0.05, 0.1) is 11.3 Å². The highest BCUT2D eigenvalue weighted by molar-refractivity contribution is 6.31.